The van der Waals surface area contributed by atoms with Crippen LogP contribution in [-0.2, 0) is 4.74 Å². The number of rotatable bonds is 5. The Hall–Kier alpha value is -3.38. The maximum atomic E-state index is 14.4. The average Bonchev–Trinajstić information content (AvgIpc) is 2.84. The molecule has 3 heterocycles. The van der Waals surface area contributed by atoms with Crippen molar-refractivity contribution < 1.29 is 38.0 Å². The number of aliphatic hydroxyl groups is 3. The molecule has 1 aliphatic rings. The normalized spacial score (nSPS) is 24.3. The lowest BCUT2D eigenvalue weighted by Crippen LogP contribution is -2.54. The summed E-state index contributed by atoms with van der Waals surface area (Å²) >= 11 is 0. The molecule has 1 fully saturated rings. The fourth-order valence-corrected chi connectivity index (χ4v) is 3.96. The van der Waals surface area contributed by atoms with Crippen LogP contribution in [-0.4, -0.2) is 55.6 Å². The van der Waals surface area contributed by atoms with E-state index < -0.39 is 65.1 Å². The van der Waals surface area contributed by atoms with E-state index >= 15 is 0 Å². The van der Waals surface area contributed by atoms with E-state index in [-0.39, 0.29) is 16.9 Å². The fourth-order valence-electron chi connectivity index (χ4n) is 3.96. The van der Waals surface area contributed by atoms with E-state index in [4.69, 9.17) is 4.74 Å². The van der Waals surface area contributed by atoms with Crippen molar-refractivity contribution in [3.8, 4) is 11.3 Å². The van der Waals surface area contributed by atoms with Gasteiger partial charge in [-0.3, -0.25) is 9.78 Å². The molecule has 0 spiro atoms. The largest absolute Gasteiger partial charge is 0.388 e. The monoisotopic (exact) mass is 489 g/mol. The predicted octanol–water partition coefficient (Wildman–Crippen LogP) is 2.75. The number of nitrogens with one attached hydrogen (secondary N) is 1. The number of nitrogens with zero attached hydrogens (tertiary/aromatic N) is 2. The summed E-state index contributed by atoms with van der Waals surface area (Å²) in [5.41, 5.74) is -1.38. The lowest BCUT2D eigenvalue weighted by atomic mass is 9.90. The number of pyridine rings is 2. The van der Waals surface area contributed by atoms with Crippen molar-refractivity contribution >= 4 is 11.6 Å². The molecule has 184 valence electrons. The van der Waals surface area contributed by atoms with E-state index in [2.05, 4.69) is 15.3 Å². The van der Waals surface area contributed by atoms with E-state index in [0.29, 0.717) is 6.42 Å². The van der Waals surface area contributed by atoms with Crippen molar-refractivity contribution in [2.24, 2.45) is 0 Å². The number of benzene rings is 1. The number of carbonyl (C=O) groups excluding carboxylic acids is 1. The molecule has 1 amide bonds. The van der Waals surface area contributed by atoms with Gasteiger partial charge in [-0.05, 0) is 36.8 Å². The van der Waals surface area contributed by atoms with E-state index in [1.165, 1.54) is 18.5 Å². The van der Waals surface area contributed by atoms with Gasteiger partial charge in [-0.2, -0.15) is 0 Å². The SMILES string of the molecule is CCC1OC(c2ccncc2NC(=O)c2ccc(F)c(-c3c(F)cccc3F)n2)C(O)C(O)C1O. The Morgan fingerprint density at radius 1 is 1.00 bits per heavy atom. The third-order valence-corrected chi connectivity index (χ3v) is 5.80. The van der Waals surface area contributed by atoms with Crippen LogP contribution < -0.4 is 5.32 Å². The summed E-state index contributed by atoms with van der Waals surface area (Å²) in [6.07, 6.45) is -3.18. The summed E-state index contributed by atoms with van der Waals surface area (Å²) in [7, 11) is 0. The number of hydrogen-bond donors (Lipinski definition) is 4. The summed E-state index contributed by atoms with van der Waals surface area (Å²) in [5.74, 6) is -3.96. The van der Waals surface area contributed by atoms with E-state index in [1.807, 2.05) is 0 Å². The number of halogens is 3. The summed E-state index contributed by atoms with van der Waals surface area (Å²) < 4.78 is 48.5. The van der Waals surface area contributed by atoms with Gasteiger partial charge in [0, 0.05) is 11.8 Å². The Morgan fingerprint density at radius 3 is 2.40 bits per heavy atom. The van der Waals surface area contributed by atoms with Crippen LogP contribution in [0, 0.1) is 17.5 Å². The minimum atomic E-state index is -1.51. The number of aliphatic hydroxyl groups excluding tert-OH is 3. The van der Waals surface area contributed by atoms with Crippen LogP contribution in [0.15, 0.2) is 48.8 Å². The molecule has 5 atom stereocenters. The Kier molecular flexibility index (Phi) is 7.13. The van der Waals surface area contributed by atoms with Gasteiger partial charge in [-0.25, -0.2) is 18.2 Å². The van der Waals surface area contributed by atoms with Crippen molar-refractivity contribution in [2.45, 2.75) is 43.9 Å². The third kappa shape index (κ3) is 4.76. The lowest BCUT2D eigenvalue weighted by Gasteiger charge is -2.41. The molecule has 35 heavy (non-hydrogen) atoms. The molecule has 1 aliphatic heterocycles. The molecular weight excluding hydrogens is 467 g/mol. The second-order valence-electron chi connectivity index (χ2n) is 8.02. The van der Waals surface area contributed by atoms with Crippen molar-refractivity contribution in [3.63, 3.8) is 0 Å². The molecule has 5 unspecified atom stereocenters. The average molecular weight is 489 g/mol. The standard InChI is InChI=1S/C24H22F3N3O5/c1-2-17-20(31)21(32)22(33)23(35-17)11-8-9-28-10-16(11)30-24(34)15-7-6-14(27)19(29-15)18-12(25)4-3-5-13(18)26/h3-10,17,20-23,31-33H,2H2,1H3,(H,30,34). The lowest BCUT2D eigenvalue weighted by molar-refractivity contribution is -0.224. The number of carbonyl (C=O) groups is 1. The van der Waals surface area contributed by atoms with Gasteiger partial charge >= 0.3 is 0 Å². The van der Waals surface area contributed by atoms with Gasteiger partial charge in [0.05, 0.1) is 23.6 Å². The number of anilines is 1. The molecule has 0 aliphatic carbocycles. The first kappa shape index (κ1) is 24.7. The smallest absolute Gasteiger partial charge is 0.274 e. The number of amides is 1. The van der Waals surface area contributed by atoms with Crippen LogP contribution in [0.25, 0.3) is 11.3 Å². The minimum absolute atomic E-state index is 0.0877. The quantitative estimate of drug-likeness (QED) is 0.434. The maximum Gasteiger partial charge on any atom is 0.274 e. The highest BCUT2D eigenvalue weighted by Crippen LogP contribution is 2.36. The first-order valence-corrected chi connectivity index (χ1v) is 10.8. The zero-order valence-electron chi connectivity index (χ0n) is 18.4. The van der Waals surface area contributed by atoms with Gasteiger partial charge < -0.3 is 25.4 Å². The summed E-state index contributed by atoms with van der Waals surface area (Å²) in [4.78, 5) is 20.7. The van der Waals surface area contributed by atoms with Crippen LogP contribution in [0.1, 0.15) is 35.5 Å². The van der Waals surface area contributed by atoms with Crippen LogP contribution >= 0.6 is 0 Å². The molecule has 0 saturated carbocycles. The number of aromatic nitrogens is 2. The van der Waals surface area contributed by atoms with Gasteiger partial charge in [-0.1, -0.05) is 13.0 Å². The van der Waals surface area contributed by atoms with Crippen LogP contribution in [0.5, 0.6) is 0 Å². The number of hydrogen-bond acceptors (Lipinski definition) is 7. The van der Waals surface area contributed by atoms with E-state index in [9.17, 15) is 33.3 Å². The van der Waals surface area contributed by atoms with Gasteiger partial charge in [0.2, 0.25) is 0 Å². The predicted molar refractivity (Wildman–Crippen MR) is 118 cm³/mol. The fraction of sp³-hybridized carbons (Fsp3) is 0.292. The second kappa shape index (κ2) is 10.1. The molecule has 3 aromatic rings. The summed E-state index contributed by atoms with van der Waals surface area (Å²) in [6, 6.07) is 6.37. The molecule has 11 heteroatoms. The topological polar surface area (TPSA) is 125 Å². The van der Waals surface area contributed by atoms with Gasteiger partial charge in [0.15, 0.2) is 0 Å². The van der Waals surface area contributed by atoms with Crippen LogP contribution in [0.3, 0.4) is 0 Å². The molecule has 0 bridgehead atoms. The maximum absolute atomic E-state index is 14.4. The van der Waals surface area contributed by atoms with E-state index in [1.54, 1.807) is 6.92 Å². The molecule has 4 N–H and O–H groups in total. The molecule has 1 aromatic carbocycles. The Labute approximate surface area is 198 Å². The zero-order valence-corrected chi connectivity index (χ0v) is 18.4. The van der Waals surface area contributed by atoms with Crippen molar-refractivity contribution in [1.82, 2.24) is 9.97 Å². The highest BCUT2D eigenvalue weighted by atomic mass is 19.1. The first-order valence-electron chi connectivity index (χ1n) is 10.8. The van der Waals surface area contributed by atoms with Crippen molar-refractivity contribution in [3.05, 3.63) is 77.5 Å². The molecule has 0 radical (unpaired) electrons. The first-order chi connectivity index (χ1) is 16.7. The van der Waals surface area contributed by atoms with Gasteiger partial charge in [0.25, 0.3) is 5.91 Å². The number of ether oxygens (including phenoxy) is 1. The molecule has 1 saturated heterocycles. The second-order valence-corrected chi connectivity index (χ2v) is 8.02. The molecular formula is C24H22F3N3O5. The summed E-state index contributed by atoms with van der Waals surface area (Å²) in [5, 5.41) is 33.4. The van der Waals surface area contributed by atoms with Crippen LogP contribution in [0.4, 0.5) is 18.9 Å². The molecule has 4 rings (SSSR count). The van der Waals surface area contributed by atoms with Crippen LogP contribution in [0.2, 0.25) is 0 Å². The van der Waals surface area contributed by atoms with Crippen molar-refractivity contribution in [2.75, 3.05) is 5.32 Å². The Bertz CT molecular complexity index is 1220. The van der Waals surface area contributed by atoms with Gasteiger partial charge in [0.1, 0.15) is 53.3 Å². The molecule has 8 nitrogen and oxygen atoms in total. The highest BCUT2D eigenvalue weighted by Gasteiger charge is 2.44. The van der Waals surface area contributed by atoms with Gasteiger partial charge in [-0.15, -0.1) is 0 Å². The third-order valence-electron chi connectivity index (χ3n) is 5.80. The van der Waals surface area contributed by atoms with Crippen molar-refractivity contribution in [1.29, 1.82) is 0 Å². The Morgan fingerprint density at radius 2 is 1.71 bits per heavy atom. The Balaban J connectivity index is 1.65. The molecule has 2 aromatic heterocycles. The zero-order chi connectivity index (χ0) is 25.3. The minimum Gasteiger partial charge on any atom is -0.388 e. The summed E-state index contributed by atoms with van der Waals surface area (Å²) in [6.45, 7) is 1.74. The van der Waals surface area contributed by atoms with E-state index in [0.717, 1.165) is 30.3 Å². The highest BCUT2D eigenvalue weighted by molar-refractivity contribution is 6.03.